The minimum Gasteiger partial charge on any atom is -0.368 e. The van der Waals surface area contributed by atoms with Crippen LogP contribution in [-0.2, 0) is 16.4 Å². The molecule has 0 bridgehead atoms. The molecule has 0 atom stereocenters. The normalized spacial score (nSPS) is 16.1. The summed E-state index contributed by atoms with van der Waals surface area (Å²) in [6.45, 7) is 4.15. The zero-order valence-corrected chi connectivity index (χ0v) is 24.3. The molecule has 7 nitrogen and oxygen atoms in total. The van der Waals surface area contributed by atoms with Crippen LogP contribution in [0.1, 0.15) is 31.8 Å². The zero-order valence-electron chi connectivity index (χ0n) is 22.8. The number of rotatable bonds is 4. The molecule has 4 aromatic carbocycles. The first kappa shape index (κ1) is 27.9. The van der Waals surface area contributed by atoms with Gasteiger partial charge >= 0.3 is 0 Å². The van der Waals surface area contributed by atoms with Gasteiger partial charge in [0.05, 0.1) is 27.6 Å². The molecular formula is C32H27ClFN3O4S. The number of carbonyl (C=O) groups is 2. The molecule has 0 spiro atoms. The van der Waals surface area contributed by atoms with E-state index in [-0.39, 0.29) is 39.1 Å². The second-order valence-electron chi connectivity index (χ2n) is 10.4. The molecule has 0 radical (unpaired) electrons. The Hall–Kier alpha value is -4.21. The monoisotopic (exact) mass is 603 g/mol. The van der Waals surface area contributed by atoms with Crippen LogP contribution in [-0.4, -0.2) is 51.3 Å². The molecule has 0 aromatic heterocycles. The summed E-state index contributed by atoms with van der Waals surface area (Å²) in [6.07, 6.45) is 0. The number of amides is 2. The van der Waals surface area contributed by atoms with E-state index in [0.29, 0.717) is 36.8 Å². The van der Waals surface area contributed by atoms with Crippen molar-refractivity contribution in [2.45, 2.75) is 23.3 Å². The van der Waals surface area contributed by atoms with E-state index in [9.17, 15) is 22.4 Å². The summed E-state index contributed by atoms with van der Waals surface area (Å²) < 4.78 is 41.2. The highest BCUT2D eigenvalue weighted by molar-refractivity contribution is 7.91. The van der Waals surface area contributed by atoms with E-state index >= 15 is 0 Å². The van der Waals surface area contributed by atoms with Crippen LogP contribution in [0.25, 0.3) is 0 Å². The summed E-state index contributed by atoms with van der Waals surface area (Å²) in [5, 5.41) is 0.649. The second kappa shape index (κ2) is 10.9. The van der Waals surface area contributed by atoms with E-state index in [0.717, 1.165) is 11.3 Å². The smallest absolute Gasteiger partial charge is 0.259 e. The fourth-order valence-corrected chi connectivity index (χ4v) is 7.32. The Balaban J connectivity index is 1.34. The Morgan fingerprint density at radius 2 is 1.57 bits per heavy atom. The molecule has 0 saturated carbocycles. The number of fused-ring (bicyclic) bond motifs is 2. The molecule has 2 amide bonds. The number of anilines is 2. The van der Waals surface area contributed by atoms with Gasteiger partial charge in [0.15, 0.2) is 0 Å². The first-order valence-corrected chi connectivity index (χ1v) is 15.3. The zero-order chi connectivity index (χ0) is 29.6. The van der Waals surface area contributed by atoms with Gasteiger partial charge < -0.3 is 14.7 Å². The predicted octanol–water partition coefficient (Wildman–Crippen LogP) is 5.74. The van der Waals surface area contributed by atoms with Crippen LogP contribution in [0, 0.1) is 12.7 Å². The summed E-state index contributed by atoms with van der Waals surface area (Å²) in [5.41, 5.74) is 3.16. The third kappa shape index (κ3) is 5.03. The summed E-state index contributed by atoms with van der Waals surface area (Å²) in [4.78, 5) is 32.6. The first-order chi connectivity index (χ1) is 20.1. The number of aryl methyl sites for hydroxylation is 1. The summed E-state index contributed by atoms with van der Waals surface area (Å²) in [5.74, 6) is -1.20. The summed E-state index contributed by atoms with van der Waals surface area (Å²) in [7, 11) is -4.08. The molecule has 1 saturated heterocycles. The maximum atomic E-state index is 13.8. The van der Waals surface area contributed by atoms with Crippen molar-refractivity contribution in [3.8, 4) is 0 Å². The first-order valence-electron chi connectivity index (χ1n) is 13.5. The van der Waals surface area contributed by atoms with Crippen LogP contribution in [0.2, 0.25) is 5.02 Å². The Morgan fingerprint density at radius 3 is 2.31 bits per heavy atom. The van der Waals surface area contributed by atoms with Crippen molar-refractivity contribution < 1.29 is 22.4 Å². The van der Waals surface area contributed by atoms with Gasteiger partial charge in [-0.2, -0.15) is 0 Å². The lowest BCUT2D eigenvalue weighted by atomic mass is 10.1. The minimum absolute atomic E-state index is 0.00866. The number of hydrogen-bond acceptors (Lipinski definition) is 5. The Bertz CT molecular complexity index is 1820. The van der Waals surface area contributed by atoms with Crippen molar-refractivity contribution in [1.82, 2.24) is 4.90 Å². The van der Waals surface area contributed by atoms with Crippen molar-refractivity contribution in [2.75, 3.05) is 36.0 Å². The van der Waals surface area contributed by atoms with E-state index in [2.05, 4.69) is 4.90 Å². The molecule has 2 aliphatic heterocycles. The van der Waals surface area contributed by atoms with Gasteiger partial charge in [-0.1, -0.05) is 41.9 Å². The maximum absolute atomic E-state index is 13.8. The van der Waals surface area contributed by atoms with E-state index in [1.54, 1.807) is 29.2 Å². The van der Waals surface area contributed by atoms with Gasteiger partial charge in [0.2, 0.25) is 9.84 Å². The average Bonchev–Trinajstić information content (AvgIpc) is 3.07. The number of carbonyl (C=O) groups excluding carboxylic acids is 2. The molecule has 0 unspecified atom stereocenters. The van der Waals surface area contributed by atoms with Gasteiger partial charge in [0, 0.05) is 42.5 Å². The van der Waals surface area contributed by atoms with Crippen molar-refractivity contribution in [3.05, 3.63) is 118 Å². The molecule has 214 valence electrons. The van der Waals surface area contributed by atoms with E-state index in [1.807, 2.05) is 25.1 Å². The van der Waals surface area contributed by atoms with Crippen molar-refractivity contribution >= 4 is 44.6 Å². The van der Waals surface area contributed by atoms with Gasteiger partial charge in [-0.15, -0.1) is 0 Å². The topological polar surface area (TPSA) is 78.0 Å². The molecule has 0 N–H and O–H groups in total. The molecule has 42 heavy (non-hydrogen) atoms. The van der Waals surface area contributed by atoms with E-state index in [4.69, 9.17) is 11.6 Å². The highest BCUT2D eigenvalue weighted by Crippen LogP contribution is 2.38. The van der Waals surface area contributed by atoms with Crippen LogP contribution in [0.3, 0.4) is 0 Å². The third-order valence-electron chi connectivity index (χ3n) is 7.77. The Labute approximate surface area is 248 Å². The standard InChI is InChI=1S/C32H27ClFN3O4S/c1-21-6-10-24(33)19-27(21)35-14-16-36(17-15-35)31(38)23-9-13-30-28(18-23)37(20-22-7-11-25(34)12-8-22)32(39)26-4-2-3-5-29(26)42(30,40)41/h2-13,18-19H,14-17,20H2,1H3. The molecule has 2 heterocycles. The Kier molecular flexibility index (Phi) is 7.24. The fourth-order valence-electron chi connectivity index (χ4n) is 5.53. The molecule has 1 fully saturated rings. The van der Waals surface area contributed by atoms with Crippen LogP contribution in [0.5, 0.6) is 0 Å². The van der Waals surface area contributed by atoms with Gasteiger partial charge in [0.1, 0.15) is 5.82 Å². The van der Waals surface area contributed by atoms with Crippen LogP contribution in [0.4, 0.5) is 15.8 Å². The number of nitrogens with zero attached hydrogens (tertiary/aromatic N) is 3. The lowest BCUT2D eigenvalue weighted by Crippen LogP contribution is -2.49. The van der Waals surface area contributed by atoms with Gasteiger partial charge in [0.25, 0.3) is 11.8 Å². The molecule has 10 heteroatoms. The summed E-state index contributed by atoms with van der Waals surface area (Å²) >= 11 is 6.22. The lowest BCUT2D eigenvalue weighted by Gasteiger charge is -2.37. The predicted molar refractivity (Wildman–Crippen MR) is 160 cm³/mol. The lowest BCUT2D eigenvalue weighted by molar-refractivity contribution is 0.0746. The Morgan fingerprint density at radius 1 is 0.857 bits per heavy atom. The highest BCUT2D eigenvalue weighted by Gasteiger charge is 2.36. The van der Waals surface area contributed by atoms with Crippen LogP contribution < -0.4 is 9.80 Å². The second-order valence-corrected chi connectivity index (χ2v) is 12.7. The van der Waals surface area contributed by atoms with E-state index in [1.165, 1.54) is 47.4 Å². The number of benzene rings is 4. The number of piperazine rings is 1. The highest BCUT2D eigenvalue weighted by atomic mass is 35.5. The number of halogens is 2. The van der Waals surface area contributed by atoms with Gasteiger partial charge in [-0.25, -0.2) is 12.8 Å². The van der Waals surface area contributed by atoms with Crippen molar-refractivity contribution in [1.29, 1.82) is 0 Å². The van der Waals surface area contributed by atoms with Crippen LogP contribution in [0.15, 0.2) is 94.7 Å². The fraction of sp³-hybridized carbons (Fsp3) is 0.188. The van der Waals surface area contributed by atoms with Crippen molar-refractivity contribution in [2.24, 2.45) is 0 Å². The maximum Gasteiger partial charge on any atom is 0.259 e. The largest absolute Gasteiger partial charge is 0.368 e. The molecule has 0 aliphatic carbocycles. The molecular weight excluding hydrogens is 577 g/mol. The summed E-state index contributed by atoms with van der Waals surface area (Å²) in [6, 6.07) is 21.9. The number of sulfone groups is 1. The quantitative estimate of drug-likeness (QED) is 0.297. The van der Waals surface area contributed by atoms with Crippen molar-refractivity contribution in [3.63, 3.8) is 0 Å². The van der Waals surface area contributed by atoms with Gasteiger partial charge in [-0.3, -0.25) is 9.59 Å². The average molecular weight is 604 g/mol. The van der Waals surface area contributed by atoms with E-state index < -0.39 is 21.6 Å². The molecule has 2 aliphatic rings. The van der Waals surface area contributed by atoms with Gasteiger partial charge in [-0.05, 0) is 72.6 Å². The SMILES string of the molecule is Cc1ccc(Cl)cc1N1CCN(C(=O)c2ccc3c(c2)N(Cc2ccc(F)cc2)C(=O)c2ccccc2S3(=O)=O)CC1. The van der Waals surface area contributed by atoms with Crippen LogP contribution >= 0.6 is 11.6 Å². The third-order valence-corrected chi connectivity index (χ3v) is 9.87. The number of hydrogen-bond donors (Lipinski definition) is 0. The minimum atomic E-state index is -4.08. The molecule has 4 aromatic rings. The molecule has 6 rings (SSSR count).